The van der Waals surface area contributed by atoms with Gasteiger partial charge in [0.05, 0.1) is 50.7 Å². The van der Waals surface area contributed by atoms with Gasteiger partial charge in [0.2, 0.25) is 21.8 Å². The average Bonchev–Trinajstić information content (AvgIpc) is 3.65. The normalized spacial score (nSPS) is 13.6. The molecule has 15 nitrogen and oxygen atoms in total. The minimum atomic E-state index is -4.70. The predicted molar refractivity (Wildman–Crippen MR) is 210 cm³/mol. The van der Waals surface area contributed by atoms with Crippen LogP contribution in [0, 0.1) is 3.57 Å². The SMILES string of the molecule is COc1ccc(CN(Cc2ccc(OC)cc2)S(=O)(=O)c2c(S(=O)(=O)CCN3CCOCC3=O)ccc(I)c2-c2nnn(Cc3ccc(OC)cc3)n2)cc1. The molecule has 0 atom stereocenters. The maximum atomic E-state index is 15.4. The third-order valence-corrected chi connectivity index (χ3v) is 13.5. The van der Waals surface area contributed by atoms with Crippen LogP contribution in [0.2, 0.25) is 0 Å². The van der Waals surface area contributed by atoms with E-state index in [1.807, 2.05) is 34.7 Å². The standard InChI is InChI=1S/C37H39IN6O9S2/c1-50-29-10-4-26(5-11-29)22-43(23-27-6-12-30(51-2)13-7-27)55(48,49)36-33(54(46,47)21-19-42-18-20-53-25-34(42)45)17-16-32(38)35(36)37-39-41-44(40-37)24-28-8-14-31(52-3)15-9-28/h4-17H,18-25H2,1-3H3. The molecule has 55 heavy (non-hydrogen) atoms. The van der Waals surface area contributed by atoms with Crippen molar-refractivity contribution in [3.8, 4) is 28.6 Å². The van der Waals surface area contributed by atoms with Crippen LogP contribution in [0.25, 0.3) is 11.4 Å². The molecule has 1 fully saturated rings. The van der Waals surface area contributed by atoms with E-state index >= 15 is 8.42 Å². The van der Waals surface area contributed by atoms with Crippen molar-refractivity contribution >= 4 is 48.4 Å². The maximum Gasteiger partial charge on any atom is 0.248 e. The number of rotatable bonds is 16. The summed E-state index contributed by atoms with van der Waals surface area (Å²) in [4.78, 5) is 14.3. The highest BCUT2D eigenvalue weighted by atomic mass is 127. The van der Waals surface area contributed by atoms with Crippen LogP contribution in [0.4, 0.5) is 0 Å². The van der Waals surface area contributed by atoms with Crippen molar-refractivity contribution in [2.45, 2.75) is 29.4 Å². The second-order valence-corrected chi connectivity index (χ2v) is 17.6. The van der Waals surface area contributed by atoms with Crippen LogP contribution in [-0.4, -0.2) is 106 Å². The number of ether oxygens (including phenoxy) is 4. The summed E-state index contributed by atoms with van der Waals surface area (Å²) in [7, 11) is -4.42. The molecule has 18 heteroatoms. The first-order valence-electron chi connectivity index (χ1n) is 17.0. The molecule has 0 unspecified atom stereocenters. The van der Waals surface area contributed by atoms with Crippen LogP contribution in [0.15, 0.2) is 94.7 Å². The second kappa shape index (κ2) is 17.4. The van der Waals surface area contributed by atoms with Crippen LogP contribution in [0.3, 0.4) is 0 Å². The number of halogens is 1. The first-order chi connectivity index (χ1) is 26.4. The van der Waals surface area contributed by atoms with Gasteiger partial charge >= 0.3 is 0 Å². The van der Waals surface area contributed by atoms with Gasteiger partial charge in [-0.05, 0) is 93.0 Å². The number of methoxy groups -OCH3 is 3. The average molecular weight is 903 g/mol. The van der Waals surface area contributed by atoms with Crippen LogP contribution in [0.1, 0.15) is 16.7 Å². The van der Waals surface area contributed by atoms with Gasteiger partial charge in [-0.25, -0.2) is 16.8 Å². The molecule has 1 amide bonds. The summed E-state index contributed by atoms with van der Waals surface area (Å²) >= 11 is 1.96. The number of carbonyl (C=O) groups excluding carboxylic acids is 1. The van der Waals surface area contributed by atoms with Crippen LogP contribution in [0.5, 0.6) is 17.2 Å². The van der Waals surface area contributed by atoms with Crippen molar-refractivity contribution in [3.05, 3.63) is 105 Å². The third kappa shape index (κ3) is 9.43. The molecule has 0 aliphatic carbocycles. The lowest BCUT2D eigenvalue weighted by Crippen LogP contribution is -2.43. The van der Waals surface area contributed by atoms with Gasteiger partial charge in [-0.1, -0.05) is 36.4 Å². The number of sulfone groups is 1. The Bertz CT molecular complexity index is 2290. The molecule has 1 aromatic heterocycles. The molecule has 4 aromatic carbocycles. The molecular formula is C37H39IN6O9S2. The Balaban J connectivity index is 1.48. The Morgan fingerprint density at radius 2 is 1.33 bits per heavy atom. The van der Waals surface area contributed by atoms with Crippen molar-refractivity contribution in [2.75, 3.05) is 53.4 Å². The summed E-state index contributed by atoms with van der Waals surface area (Å²) in [5.74, 6) is 0.889. The fourth-order valence-corrected chi connectivity index (χ4v) is 10.5. The molecule has 290 valence electrons. The summed E-state index contributed by atoms with van der Waals surface area (Å²) < 4.78 is 82.1. The van der Waals surface area contributed by atoms with Crippen LogP contribution >= 0.6 is 22.6 Å². The lowest BCUT2D eigenvalue weighted by atomic mass is 10.2. The lowest BCUT2D eigenvalue weighted by molar-refractivity contribution is -0.142. The summed E-state index contributed by atoms with van der Waals surface area (Å²) in [6.07, 6.45) is 0. The molecule has 1 aliphatic heterocycles. The van der Waals surface area contributed by atoms with E-state index in [2.05, 4.69) is 15.4 Å². The first-order valence-corrected chi connectivity index (χ1v) is 21.2. The second-order valence-electron chi connectivity index (χ2n) is 12.5. The molecule has 5 aromatic rings. The topological polar surface area (TPSA) is 172 Å². The fraction of sp³-hybridized carbons (Fsp3) is 0.297. The van der Waals surface area contributed by atoms with Gasteiger partial charge in [-0.2, -0.15) is 9.10 Å². The zero-order valence-electron chi connectivity index (χ0n) is 30.3. The van der Waals surface area contributed by atoms with Gasteiger partial charge in [0.25, 0.3) is 0 Å². The van der Waals surface area contributed by atoms with Crippen molar-refractivity contribution in [1.29, 1.82) is 0 Å². The van der Waals surface area contributed by atoms with Gasteiger partial charge < -0.3 is 23.8 Å². The highest BCUT2D eigenvalue weighted by molar-refractivity contribution is 14.1. The third-order valence-electron chi connectivity index (χ3n) is 8.91. The van der Waals surface area contributed by atoms with E-state index in [1.165, 1.54) is 40.4 Å². The molecule has 6 rings (SSSR count). The minimum Gasteiger partial charge on any atom is -0.497 e. The summed E-state index contributed by atoms with van der Waals surface area (Å²) in [6.45, 7) is 0.131. The van der Waals surface area contributed by atoms with E-state index in [0.717, 1.165) is 5.56 Å². The summed E-state index contributed by atoms with van der Waals surface area (Å²) in [5.41, 5.74) is 2.07. The first kappa shape index (κ1) is 40.0. The van der Waals surface area contributed by atoms with E-state index in [4.69, 9.17) is 18.9 Å². The van der Waals surface area contributed by atoms with E-state index in [9.17, 15) is 13.2 Å². The molecule has 0 N–H and O–H groups in total. The molecular weight excluding hydrogens is 863 g/mol. The molecule has 0 spiro atoms. The molecule has 0 radical (unpaired) electrons. The maximum absolute atomic E-state index is 15.4. The quantitative estimate of drug-likeness (QED) is 0.130. The number of hydrogen-bond donors (Lipinski definition) is 0. The Morgan fingerprint density at radius 3 is 1.85 bits per heavy atom. The van der Waals surface area contributed by atoms with Gasteiger partial charge in [-0.15, -0.1) is 10.2 Å². The number of nitrogens with zero attached hydrogens (tertiary/aromatic N) is 6. The monoisotopic (exact) mass is 902 g/mol. The molecule has 1 aliphatic rings. The molecule has 0 bridgehead atoms. The summed E-state index contributed by atoms with van der Waals surface area (Å²) in [5, 5.41) is 13.0. The number of sulfonamides is 1. The minimum absolute atomic E-state index is 0.0143. The number of morpholine rings is 1. The van der Waals surface area contributed by atoms with E-state index < -0.39 is 35.4 Å². The van der Waals surface area contributed by atoms with Crippen molar-refractivity contribution in [2.24, 2.45) is 0 Å². The van der Waals surface area contributed by atoms with E-state index in [0.29, 0.717) is 31.9 Å². The summed E-state index contributed by atoms with van der Waals surface area (Å²) in [6, 6.07) is 23.9. The zero-order chi connectivity index (χ0) is 39.2. The Hall–Kier alpha value is -4.63. The number of aromatic nitrogens is 4. The fourth-order valence-electron chi connectivity index (χ4n) is 5.90. The Labute approximate surface area is 333 Å². The van der Waals surface area contributed by atoms with E-state index in [1.54, 1.807) is 67.8 Å². The lowest BCUT2D eigenvalue weighted by Gasteiger charge is -2.27. The van der Waals surface area contributed by atoms with Crippen LogP contribution < -0.4 is 14.2 Å². The highest BCUT2D eigenvalue weighted by Gasteiger charge is 2.37. The molecule has 1 saturated heterocycles. The molecule has 0 saturated carbocycles. The number of carbonyl (C=O) groups is 1. The van der Waals surface area contributed by atoms with Crippen LogP contribution in [-0.2, 0) is 49.0 Å². The van der Waals surface area contributed by atoms with Gasteiger partial charge in [-0.3, -0.25) is 4.79 Å². The number of hydrogen-bond acceptors (Lipinski definition) is 12. The number of tetrazole rings is 1. The zero-order valence-corrected chi connectivity index (χ0v) is 34.1. The predicted octanol–water partition coefficient (Wildman–Crippen LogP) is 4.04. The van der Waals surface area contributed by atoms with Crippen molar-refractivity contribution < 1.29 is 40.6 Å². The van der Waals surface area contributed by atoms with Gasteiger partial charge in [0.15, 0.2) is 9.84 Å². The van der Waals surface area contributed by atoms with Crippen molar-refractivity contribution in [3.63, 3.8) is 0 Å². The smallest absolute Gasteiger partial charge is 0.248 e. The van der Waals surface area contributed by atoms with Gasteiger partial charge in [0, 0.05) is 29.7 Å². The van der Waals surface area contributed by atoms with E-state index in [-0.39, 0.29) is 63.2 Å². The number of benzene rings is 4. The Morgan fingerprint density at radius 1 is 0.782 bits per heavy atom. The number of amides is 1. The van der Waals surface area contributed by atoms with Gasteiger partial charge in [0.1, 0.15) is 28.8 Å². The molecule has 2 heterocycles. The largest absolute Gasteiger partial charge is 0.497 e. The van der Waals surface area contributed by atoms with Crippen molar-refractivity contribution in [1.82, 2.24) is 29.4 Å². The Kier molecular flexibility index (Phi) is 12.7. The highest BCUT2D eigenvalue weighted by Crippen LogP contribution is 2.38.